The lowest BCUT2D eigenvalue weighted by atomic mass is 10.1. The highest BCUT2D eigenvalue weighted by atomic mass is 35.5. The molecule has 1 aromatic heterocycles. The maximum Gasteiger partial charge on any atom is 0.244 e. The van der Waals surface area contributed by atoms with Gasteiger partial charge >= 0.3 is 0 Å². The summed E-state index contributed by atoms with van der Waals surface area (Å²) in [5, 5.41) is 3.81. The molecule has 3 heterocycles. The molecule has 1 aromatic rings. The zero-order valence-electron chi connectivity index (χ0n) is 10.4. The van der Waals surface area contributed by atoms with Gasteiger partial charge in [-0.2, -0.15) is 4.31 Å². The van der Waals surface area contributed by atoms with Gasteiger partial charge in [-0.25, -0.2) is 8.42 Å². The van der Waals surface area contributed by atoms with Gasteiger partial charge in [0.25, 0.3) is 0 Å². The van der Waals surface area contributed by atoms with Gasteiger partial charge in [0.1, 0.15) is 4.90 Å². The molecule has 0 radical (unpaired) electrons. The Kier molecular flexibility index (Phi) is 3.51. The Morgan fingerprint density at radius 3 is 2.84 bits per heavy atom. The summed E-state index contributed by atoms with van der Waals surface area (Å²) in [5.74, 6) is 0. The number of sulfonamides is 1. The van der Waals surface area contributed by atoms with Gasteiger partial charge < -0.3 is 5.32 Å². The van der Waals surface area contributed by atoms with Crippen LogP contribution in [-0.4, -0.2) is 42.9 Å². The van der Waals surface area contributed by atoms with E-state index in [0.717, 1.165) is 19.3 Å². The highest BCUT2D eigenvalue weighted by Crippen LogP contribution is 2.25. The average Bonchev–Trinajstić information content (AvgIpc) is 2.68. The molecule has 1 N–H and O–H groups in total. The molecule has 0 amide bonds. The van der Waals surface area contributed by atoms with E-state index in [2.05, 4.69) is 10.3 Å². The Morgan fingerprint density at radius 1 is 1.26 bits per heavy atom. The smallest absolute Gasteiger partial charge is 0.244 e. The SMILES string of the molecule is O=S(=O)(c1cncc(Cl)c1)N1CCC2CCC(C1)N2. The second-order valence-electron chi connectivity index (χ2n) is 5.13. The van der Waals surface area contributed by atoms with Gasteiger partial charge in [-0.3, -0.25) is 4.98 Å². The Bertz CT molecular complexity index is 578. The molecule has 2 bridgehead atoms. The van der Waals surface area contributed by atoms with Crippen LogP contribution in [0, 0.1) is 0 Å². The van der Waals surface area contributed by atoms with Crippen molar-refractivity contribution in [2.24, 2.45) is 0 Å². The summed E-state index contributed by atoms with van der Waals surface area (Å²) in [5.41, 5.74) is 0. The standard InChI is InChI=1S/C12H16ClN3O2S/c13-9-5-12(7-14-6-9)19(17,18)16-4-3-10-1-2-11(8-16)15-10/h5-7,10-11,15H,1-4,8H2. The van der Waals surface area contributed by atoms with E-state index in [1.165, 1.54) is 18.5 Å². The van der Waals surface area contributed by atoms with E-state index < -0.39 is 10.0 Å². The second kappa shape index (κ2) is 5.01. The van der Waals surface area contributed by atoms with Crippen molar-refractivity contribution in [2.45, 2.75) is 36.2 Å². The third kappa shape index (κ3) is 2.63. The van der Waals surface area contributed by atoms with Crippen molar-refractivity contribution < 1.29 is 8.42 Å². The molecule has 0 saturated carbocycles. The molecule has 2 saturated heterocycles. The lowest BCUT2D eigenvalue weighted by Gasteiger charge is -2.23. The zero-order chi connectivity index (χ0) is 13.5. The van der Waals surface area contributed by atoms with Crippen LogP contribution in [0.15, 0.2) is 23.4 Å². The maximum absolute atomic E-state index is 12.6. The van der Waals surface area contributed by atoms with E-state index in [9.17, 15) is 8.42 Å². The van der Waals surface area contributed by atoms with Crippen LogP contribution in [0.2, 0.25) is 5.02 Å². The number of hydrogen-bond donors (Lipinski definition) is 1. The molecule has 3 rings (SSSR count). The van der Waals surface area contributed by atoms with Crippen molar-refractivity contribution in [3.63, 3.8) is 0 Å². The number of nitrogens with zero attached hydrogens (tertiary/aromatic N) is 2. The molecule has 2 fully saturated rings. The Hall–Kier alpha value is -0.690. The first-order valence-corrected chi connectivity index (χ1v) is 8.24. The summed E-state index contributed by atoms with van der Waals surface area (Å²) in [6.45, 7) is 1.09. The largest absolute Gasteiger partial charge is 0.310 e. The van der Waals surface area contributed by atoms with Crippen LogP contribution in [0.4, 0.5) is 0 Å². The zero-order valence-corrected chi connectivity index (χ0v) is 12.0. The van der Waals surface area contributed by atoms with E-state index in [1.54, 1.807) is 4.31 Å². The summed E-state index contributed by atoms with van der Waals surface area (Å²) in [4.78, 5) is 4.04. The van der Waals surface area contributed by atoms with E-state index in [4.69, 9.17) is 11.6 Å². The number of halogens is 1. The first kappa shape index (κ1) is 13.3. The summed E-state index contributed by atoms with van der Waals surface area (Å²) < 4.78 is 26.7. The van der Waals surface area contributed by atoms with Crippen LogP contribution >= 0.6 is 11.6 Å². The fraction of sp³-hybridized carbons (Fsp3) is 0.583. The van der Waals surface area contributed by atoms with Gasteiger partial charge in [0.15, 0.2) is 0 Å². The van der Waals surface area contributed by atoms with Gasteiger partial charge in [0.2, 0.25) is 10.0 Å². The molecule has 0 aliphatic carbocycles. The minimum Gasteiger partial charge on any atom is -0.310 e. The lowest BCUT2D eigenvalue weighted by Crippen LogP contribution is -2.39. The summed E-state index contributed by atoms with van der Waals surface area (Å²) in [7, 11) is -3.48. The Labute approximate surface area is 118 Å². The van der Waals surface area contributed by atoms with Crippen LogP contribution in [-0.2, 0) is 10.0 Å². The second-order valence-corrected chi connectivity index (χ2v) is 7.50. The summed E-state index contributed by atoms with van der Waals surface area (Å²) >= 11 is 5.83. The van der Waals surface area contributed by atoms with Crippen molar-refractivity contribution in [3.8, 4) is 0 Å². The van der Waals surface area contributed by atoms with Crippen LogP contribution in [0.3, 0.4) is 0 Å². The molecule has 2 atom stereocenters. The maximum atomic E-state index is 12.6. The van der Waals surface area contributed by atoms with Gasteiger partial charge in [-0.15, -0.1) is 0 Å². The summed E-state index contributed by atoms with van der Waals surface area (Å²) in [6.07, 6.45) is 5.86. The van der Waals surface area contributed by atoms with Crippen molar-refractivity contribution in [1.29, 1.82) is 0 Å². The minimum absolute atomic E-state index is 0.178. The predicted molar refractivity (Wildman–Crippen MR) is 72.6 cm³/mol. The van der Waals surface area contributed by atoms with E-state index >= 15 is 0 Å². The topological polar surface area (TPSA) is 62.3 Å². The van der Waals surface area contributed by atoms with Crippen molar-refractivity contribution in [1.82, 2.24) is 14.6 Å². The van der Waals surface area contributed by atoms with Crippen LogP contribution in [0.1, 0.15) is 19.3 Å². The van der Waals surface area contributed by atoms with Crippen molar-refractivity contribution in [2.75, 3.05) is 13.1 Å². The van der Waals surface area contributed by atoms with Gasteiger partial charge in [-0.1, -0.05) is 11.6 Å². The predicted octanol–water partition coefficient (Wildman–Crippen LogP) is 1.25. The van der Waals surface area contributed by atoms with E-state index in [0.29, 0.717) is 24.2 Å². The number of rotatable bonds is 2. The minimum atomic E-state index is -3.48. The Balaban J connectivity index is 1.88. The van der Waals surface area contributed by atoms with Crippen LogP contribution in [0.25, 0.3) is 0 Å². The number of aromatic nitrogens is 1. The van der Waals surface area contributed by atoms with Crippen molar-refractivity contribution >= 4 is 21.6 Å². The summed E-state index contributed by atoms with van der Waals surface area (Å²) in [6, 6.07) is 2.19. The number of hydrogen-bond acceptors (Lipinski definition) is 4. The van der Waals surface area contributed by atoms with E-state index in [1.807, 2.05) is 0 Å². The van der Waals surface area contributed by atoms with Gasteiger partial charge in [0, 0.05) is 37.6 Å². The number of pyridine rings is 1. The van der Waals surface area contributed by atoms with Crippen LogP contribution < -0.4 is 5.32 Å². The number of fused-ring (bicyclic) bond motifs is 2. The van der Waals surface area contributed by atoms with Gasteiger partial charge in [-0.05, 0) is 25.3 Å². The van der Waals surface area contributed by atoms with E-state index in [-0.39, 0.29) is 10.9 Å². The fourth-order valence-electron chi connectivity index (χ4n) is 2.81. The molecule has 0 spiro atoms. The number of nitrogens with one attached hydrogen (secondary N) is 1. The molecule has 7 heteroatoms. The average molecular weight is 302 g/mol. The lowest BCUT2D eigenvalue weighted by molar-refractivity contribution is 0.383. The molecule has 2 unspecified atom stereocenters. The van der Waals surface area contributed by atoms with Crippen LogP contribution in [0.5, 0.6) is 0 Å². The third-order valence-electron chi connectivity index (χ3n) is 3.80. The molecular weight excluding hydrogens is 286 g/mol. The first-order valence-electron chi connectivity index (χ1n) is 6.42. The third-order valence-corrected chi connectivity index (χ3v) is 5.84. The molecule has 2 aliphatic rings. The fourth-order valence-corrected chi connectivity index (χ4v) is 4.54. The molecule has 104 valence electrons. The monoisotopic (exact) mass is 301 g/mol. The molecule has 19 heavy (non-hydrogen) atoms. The first-order chi connectivity index (χ1) is 9.05. The molecule has 0 aromatic carbocycles. The quantitative estimate of drug-likeness (QED) is 0.893. The molecular formula is C12H16ClN3O2S. The normalized spacial score (nSPS) is 28.3. The van der Waals surface area contributed by atoms with Gasteiger partial charge in [0.05, 0.1) is 5.02 Å². The molecule has 2 aliphatic heterocycles. The highest BCUT2D eigenvalue weighted by molar-refractivity contribution is 7.89. The Morgan fingerprint density at radius 2 is 2.05 bits per heavy atom. The molecule has 5 nitrogen and oxygen atoms in total. The highest BCUT2D eigenvalue weighted by Gasteiger charge is 2.35. The van der Waals surface area contributed by atoms with Crippen molar-refractivity contribution in [3.05, 3.63) is 23.5 Å².